The first-order chi connectivity index (χ1) is 16.3. The molecule has 0 spiro atoms. The predicted octanol–water partition coefficient (Wildman–Crippen LogP) is 3.17. The number of benzene rings is 1. The van der Waals surface area contributed by atoms with Gasteiger partial charge in [-0.1, -0.05) is 30.0 Å². The molecule has 1 aromatic carbocycles. The van der Waals surface area contributed by atoms with Gasteiger partial charge < -0.3 is 9.80 Å². The number of rotatable bonds is 6. The highest BCUT2D eigenvalue weighted by atomic mass is 32.2. The summed E-state index contributed by atoms with van der Waals surface area (Å²) >= 11 is 1.41. The average molecular weight is 458 g/mol. The van der Waals surface area contributed by atoms with Crippen LogP contribution in [-0.4, -0.2) is 67.5 Å². The van der Waals surface area contributed by atoms with Crippen LogP contribution >= 0.6 is 11.8 Å². The van der Waals surface area contributed by atoms with Crippen molar-refractivity contribution in [1.82, 2.24) is 29.6 Å². The van der Waals surface area contributed by atoms with Crippen LogP contribution < -0.4 is 4.90 Å². The van der Waals surface area contributed by atoms with Gasteiger partial charge in [-0.3, -0.25) is 19.3 Å². The van der Waals surface area contributed by atoms with Gasteiger partial charge in [0.2, 0.25) is 5.91 Å². The lowest BCUT2D eigenvalue weighted by Gasteiger charge is -2.36. The van der Waals surface area contributed by atoms with Crippen LogP contribution in [0.1, 0.15) is 0 Å². The lowest BCUT2D eigenvalue weighted by atomic mass is 10.2. The smallest absolute Gasteiger partial charge is 0.233 e. The van der Waals surface area contributed by atoms with Gasteiger partial charge in [-0.25, -0.2) is 0 Å². The summed E-state index contributed by atoms with van der Waals surface area (Å²) in [5.41, 5.74) is 2.96. The maximum absolute atomic E-state index is 12.9. The number of piperazine rings is 1. The van der Waals surface area contributed by atoms with Gasteiger partial charge in [-0.05, 0) is 36.4 Å². The topological polar surface area (TPSA) is 80.0 Å². The fourth-order valence-electron chi connectivity index (χ4n) is 3.84. The largest absolute Gasteiger partial charge is 0.368 e. The van der Waals surface area contributed by atoms with Gasteiger partial charge in [0.25, 0.3) is 0 Å². The molecule has 1 amide bonds. The summed E-state index contributed by atoms with van der Waals surface area (Å²) in [5, 5.41) is 9.50. The van der Waals surface area contributed by atoms with E-state index < -0.39 is 0 Å². The standard InChI is InChI=1S/C24H23N7OS/c32-22(30-15-13-29(14-16-30)20-8-11-25-12-9-20)18-33-24-28-27-23(19-5-4-10-26-17-19)31(24)21-6-2-1-3-7-21/h1-12,17H,13-16,18H2. The van der Waals surface area contributed by atoms with Crippen LogP contribution in [0, 0.1) is 0 Å². The minimum absolute atomic E-state index is 0.111. The normalized spacial score (nSPS) is 13.8. The van der Waals surface area contributed by atoms with Crippen LogP contribution in [0.15, 0.2) is 84.5 Å². The second-order valence-electron chi connectivity index (χ2n) is 7.58. The number of pyridine rings is 2. The van der Waals surface area contributed by atoms with Gasteiger partial charge in [0.05, 0.1) is 5.75 Å². The molecule has 0 aliphatic carbocycles. The Morgan fingerprint density at radius 3 is 2.33 bits per heavy atom. The molecular formula is C24H23N7OS. The molecule has 8 nitrogen and oxygen atoms in total. The minimum atomic E-state index is 0.111. The molecule has 4 aromatic rings. The zero-order valence-electron chi connectivity index (χ0n) is 18.0. The number of carbonyl (C=O) groups excluding carboxylic acids is 1. The summed E-state index contributed by atoms with van der Waals surface area (Å²) in [5.74, 6) is 1.13. The molecule has 9 heteroatoms. The summed E-state index contributed by atoms with van der Waals surface area (Å²) in [6, 6.07) is 17.8. The van der Waals surface area contributed by atoms with Crippen LogP contribution in [0.3, 0.4) is 0 Å². The molecule has 0 atom stereocenters. The Balaban J connectivity index is 1.28. The summed E-state index contributed by atoms with van der Waals surface area (Å²) in [6.45, 7) is 3.03. The van der Waals surface area contributed by atoms with E-state index in [1.165, 1.54) is 11.8 Å². The first-order valence-corrected chi connectivity index (χ1v) is 11.7. The van der Waals surface area contributed by atoms with E-state index in [1.807, 2.05) is 64.1 Å². The molecule has 4 heterocycles. The van der Waals surface area contributed by atoms with Gasteiger partial charge in [0.15, 0.2) is 11.0 Å². The lowest BCUT2D eigenvalue weighted by Crippen LogP contribution is -2.49. The van der Waals surface area contributed by atoms with Crippen molar-refractivity contribution in [2.75, 3.05) is 36.8 Å². The number of aromatic nitrogens is 5. The number of nitrogens with zero attached hydrogens (tertiary/aromatic N) is 7. The van der Waals surface area contributed by atoms with E-state index in [-0.39, 0.29) is 5.91 Å². The van der Waals surface area contributed by atoms with Crippen molar-refractivity contribution in [2.24, 2.45) is 0 Å². The van der Waals surface area contributed by atoms with Crippen LogP contribution in [0.2, 0.25) is 0 Å². The monoisotopic (exact) mass is 457 g/mol. The Labute approximate surface area is 196 Å². The van der Waals surface area contributed by atoms with Crippen molar-refractivity contribution in [1.29, 1.82) is 0 Å². The quantitative estimate of drug-likeness (QED) is 0.412. The van der Waals surface area contributed by atoms with Crippen LogP contribution in [0.4, 0.5) is 5.69 Å². The van der Waals surface area contributed by atoms with E-state index in [1.54, 1.807) is 24.8 Å². The summed E-state index contributed by atoms with van der Waals surface area (Å²) < 4.78 is 1.98. The Morgan fingerprint density at radius 2 is 1.61 bits per heavy atom. The minimum Gasteiger partial charge on any atom is -0.368 e. The number of amides is 1. The molecule has 0 unspecified atom stereocenters. The van der Waals surface area contributed by atoms with E-state index in [0.717, 1.165) is 30.0 Å². The molecule has 5 rings (SSSR count). The molecule has 3 aromatic heterocycles. The SMILES string of the molecule is O=C(CSc1nnc(-c2cccnc2)n1-c1ccccc1)N1CCN(c2ccncc2)CC1. The van der Waals surface area contributed by atoms with E-state index in [2.05, 4.69) is 25.1 Å². The molecule has 0 N–H and O–H groups in total. The van der Waals surface area contributed by atoms with Crippen LogP contribution in [0.25, 0.3) is 17.1 Å². The van der Waals surface area contributed by atoms with E-state index in [0.29, 0.717) is 29.8 Å². The van der Waals surface area contributed by atoms with Crippen molar-refractivity contribution < 1.29 is 4.79 Å². The van der Waals surface area contributed by atoms with Gasteiger partial charge in [0, 0.05) is 67.9 Å². The molecule has 1 fully saturated rings. The summed E-state index contributed by atoms with van der Waals surface area (Å²) in [6.07, 6.45) is 7.10. The third-order valence-corrected chi connectivity index (χ3v) is 6.47. The van der Waals surface area contributed by atoms with E-state index >= 15 is 0 Å². The van der Waals surface area contributed by atoms with Crippen LogP contribution in [-0.2, 0) is 4.79 Å². The first-order valence-electron chi connectivity index (χ1n) is 10.8. The first kappa shape index (κ1) is 21.1. The van der Waals surface area contributed by atoms with Gasteiger partial charge >= 0.3 is 0 Å². The number of thioether (sulfide) groups is 1. The molecule has 166 valence electrons. The Morgan fingerprint density at radius 1 is 0.818 bits per heavy atom. The molecule has 0 saturated carbocycles. The van der Waals surface area contributed by atoms with E-state index in [4.69, 9.17) is 0 Å². The zero-order chi connectivity index (χ0) is 22.5. The highest BCUT2D eigenvalue weighted by Gasteiger charge is 2.23. The maximum Gasteiger partial charge on any atom is 0.233 e. The average Bonchev–Trinajstić information content (AvgIpc) is 3.33. The number of anilines is 1. The molecule has 0 radical (unpaired) electrons. The molecular weight excluding hydrogens is 434 g/mol. The highest BCUT2D eigenvalue weighted by Crippen LogP contribution is 2.28. The highest BCUT2D eigenvalue weighted by molar-refractivity contribution is 7.99. The number of carbonyl (C=O) groups is 1. The van der Waals surface area contributed by atoms with Gasteiger partial charge in [0.1, 0.15) is 0 Å². The van der Waals surface area contributed by atoms with Gasteiger partial charge in [-0.15, -0.1) is 10.2 Å². The van der Waals surface area contributed by atoms with Gasteiger partial charge in [-0.2, -0.15) is 0 Å². The molecule has 1 aliphatic heterocycles. The second-order valence-corrected chi connectivity index (χ2v) is 8.52. The Kier molecular flexibility index (Phi) is 6.30. The maximum atomic E-state index is 12.9. The Hall–Kier alpha value is -3.72. The van der Waals surface area contributed by atoms with Crippen molar-refractivity contribution in [2.45, 2.75) is 5.16 Å². The third-order valence-electron chi connectivity index (χ3n) is 5.55. The van der Waals surface area contributed by atoms with Crippen molar-refractivity contribution in [3.8, 4) is 17.1 Å². The van der Waals surface area contributed by atoms with Crippen LogP contribution in [0.5, 0.6) is 0 Å². The Bertz CT molecular complexity index is 1190. The number of hydrogen-bond acceptors (Lipinski definition) is 7. The fourth-order valence-corrected chi connectivity index (χ4v) is 4.70. The lowest BCUT2D eigenvalue weighted by molar-refractivity contribution is -0.128. The van der Waals surface area contributed by atoms with Crippen molar-refractivity contribution >= 4 is 23.4 Å². The van der Waals surface area contributed by atoms with E-state index in [9.17, 15) is 4.79 Å². The third kappa shape index (κ3) is 4.73. The molecule has 0 bridgehead atoms. The molecule has 1 saturated heterocycles. The molecule has 33 heavy (non-hydrogen) atoms. The zero-order valence-corrected chi connectivity index (χ0v) is 18.8. The van der Waals surface area contributed by atoms with Crippen molar-refractivity contribution in [3.63, 3.8) is 0 Å². The summed E-state index contributed by atoms with van der Waals surface area (Å²) in [4.78, 5) is 25.4. The molecule has 1 aliphatic rings. The summed E-state index contributed by atoms with van der Waals surface area (Å²) in [7, 11) is 0. The number of para-hydroxylation sites is 1. The van der Waals surface area contributed by atoms with Crippen molar-refractivity contribution in [3.05, 3.63) is 79.4 Å². The second kappa shape index (κ2) is 9.83. The number of hydrogen-bond donors (Lipinski definition) is 0. The predicted molar refractivity (Wildman–Crippen MR) is 128 cm³/mol. The fraction of sp³-hybridized carbons (Fsp3) is 0.208.